The predicted molar refractivity (Wildman–Crippen MR) is 166 cm³/mol. The van der Waals surface area contributed by atoms with Crippen molar-refractivity contribution in [2.24, 2.45) is 22.7 Å². The van der Waals surface area contributed by atoms with E-state index >= 15 is 0 Å². The summed E-state index contributed by atoms with van der Waals surface area (Å²) in [6.07, 6.45) is 10.8. The molecule has 2 saturated carbocycles. The fraction of sp³-hybridized carbons (Fsp3) is 0.576. The van der Waals surface area contributed by atoms with Gasteiger partial charge in [-0.15, -0.1) is 6.58 Å². The molecule has 0 aromatic heterocycles. The Hall–Kier alpha value is -2.05. The second-order valence-corrected chi connectivity index (χ2v) is 21.5. The molecule has 0 radical (unpaired) electrons. The van der Waals surface area contributed by atoms with Crippen molar-refractivity contribution in [3.63, 3.8) is 0 Å². The van der Waals surface area contributed by atoms with Gasteiger partial charge in [0.15, 0.2) is 0 Å². The highest BCUT2D eigenvalue weighted by atomic mass is 35.7. The van der Waals surface area contributed by atoms with E-state index in [1.807, 2.05) is 0 Å². The second-order valence-electron chi connectivity index (χ2n) is 14.2. The van der Waals surface area contributed by atoms with Crippen molar-refractivity contribution in [3.05, 3.63) is 71.2 Å². The lowest BCUT2D eigenvalue weighted by Crippen LogP contribution is -2.52. The number of allylic oxidation sites excluding steroid dienone is 3. The molecule has 5 nitrogen and oxygen atoms in total. The number of esters is 1. The number of carbonyl (C=O) groups excluding carboxylic acids is 1. The average molecular weight is 615 g/mol. The van der Waals surface area contributed by atoms with Crippen molar-refractivity contribution < 1.29 is 22.4 Å². The monoisotopic (exact) mass is 614 g/mol. The van der Waals surface area contributed by atoms with E-state index in [1.165, 1.54) is 29.3 Å². The third-order valence-corrected chi connectivity index (χ3v) is 16.8. The van der Waals surface area contributed by atoms with Crippen molar-refractivity contribution in [3.8, 4) is 0 Å². The smallest absolute Gasteiger partial charge is 0.338 e. The zero-order valence-corrected chi connectivity index (χ0v) is 27.8. The summed E-state index contributed by atoms with van der Waals surface area (Å²) in [5.41, 5.74) is 6.41. The van der Waals surface area contributed by atoms with E-state index in [1.54, 1.807) is 6.07 Å². The van der Waals surface area contributed by atoms with E-state index < -0.39 is 23.3 Å². The van der Waals surface area contributed by atoms with Gasteiger partial charge >= 0.3 is 5.97 Å². The fourth-order valence-corrected chi connectivity index (χ4v) is 9.66. The molecule has 1 aromatic rings. The highest BCUT2D eigenvalue weighted by Gasteiger charge is 2.62. The molecule has 4 aliphatic rings. The highest BCUT2D eigenvalue weighted by Crippen LogP contribution is 2.67. The van der Waals surface area contributed by atoms with E-state index in [4.69, 9.17) is 19.8 Å². The third kappa shape index (κ3) is 5.22. The molecule has 2 fully saturated rings. The first-order valence-electron chi connectivity index (χ1n) is 14.8. The predicted octanol–water partition coefficient (Wildman–Crippen LogP) is 8.69. The molecule has 3 unspecified atom stereocenters. The molecular formula is C33H43ClO5SSi. The van der Waals surface area contributed by atoms with Gasteiger partial charge in [0.1, 0.15) is 11.9 Å². The summed E-state index contributed by atoms with van der Waals surface area (Å²) in [5, 5.41) is 0.141. The molecule has 5 rings (SSSR count). The summed E-state index contributed by atoms with van der Waals surface area (Å²) < 4.78 is 36.4. The molecule has 5 atom stereocenters. The Kier molecular flexibility index (Phi) is 7.63. The first-order valence-corrected chi connectivity index (χ1v) is 20.0. The van der Waals surface area contributed by atoms with Crippen LogP contribution in [0.1, 0.15) is 83.0 Å². The van der Waals surface area contributed by atoms with E-state index in [0.29, 0.717) is 11.8 Å². The van der Waals surface area contributed by atoms with Gasteiger partial charge in [0.25, 0.3) is 17.4 Å². The summed E-state index contributed by atoms with van der Waals surface area (Å²) in [5.74, 6) is 1.21. The minimum atomic E-state index is -3.94. The first-order chi connectivity index (χ1) is 19.0. The molecule has 41 heavy (non-hydrogen) atoms. The number of fused-ring (bicyclic) bond motifs is 4. The number of ether oxygens (including phenoxy) is 1. The van der Waals surface area contributed by atoms with Crippen molar-refractivity contribution in [2.75, 3.05) is 0 Å². The summed E-state index contributed by atoms with van der Waals surface area (Å²) in [7, 11) is -0.354. The maximum atomic E-state index is 13.2. The van der Waals surface area contributed by atoms with Crippen LogP contribution >= 0.6 is 10.7 Å². The third-order valence-electron chi connectivity index (χ3n) is 11.1. The zero-order valence-electron chi connectivity index (χ0n) is 25.2. The molecule has 0 saturated heterocycles. The van der Waals surface area contributed by atoms with E-state index in [9.17, 15) is 13.2 Å². The van der Waals surface area contributed by atoms with E-state index in [2.05, 4.69) is 65.3 Å². The van der Waals surface area contributed by atoms with Crippen molar-refractivity contribution in [1.82, 2.24) is 0 Å². The number of benzene rings is 1. The topological polar surface area (TPSA) is 69.7 Å². The van der Waals surface area contributed by atoms with Gasteiger partial charge < -0.3 is 9.16 Å². The maximum Gasteiger partial charge on any atom is 0.338 e. The number of hydrogen-bond donors (Lipinski definition) is 0. The standard InChI is InChI=1S/C33H43ClO5SSi/c1-8-33-19-16-22-20-24(39-41(6,7)31(2,3)4)12-13-26(22)27(33)17-18-32(5)28(33)14-15-29(32)38-30(35)23-10-9-11-25(21-23)40(34,36)37/h8-11,13,21,27-29H,1,14-20H2,2-7H3/t27?,28?,29-,32-,33?/m0/s1. The normalized spacial score (nSPS) is 31.5. The Bertz CT molecular complexity index is 1480. The molecule has 0 spiro atoms. The average Bonchev–Trinajstić information content (AvgIpc) is 3.23. The van der Waals surface area contributed by atoms with Crippen LogP contribution in [0.15, 0.2) is 70.5 Å². The molecule has 8 heteroatoms. The Balaban J connectivity index is 1.38. The lowest BCUT2D eigenvalue weighted by Gasteiger charge is -2.57. The van der Waals surface area contributed by atoms with Gasteiger partial charge in [-0.05, 0) is 104 Å². The SMILES string of the molecule is C=CC12CCC3=C(C=C=C(O[Si](C)(C)C(C)(C)C)C3)C1CC[C@@]1(C)C2CC[C@@H]1OC(=O)c1cccc(S(=O)(=O)Cl)c1. The van der Waals surface area contributed by atoms with Crippen molar-refractivity contribution in [2.45, 2.75) is 102 Å². The lowest BCUT2D eigenvalue weighted by molar-refractivity contribution is -0.0719. The molecule has 0 heterocycles. The van der Waals surface area contributed by atoms with Crippen LogP contribution < -0.4 is 0 Å². The van der Waals surface area contributed by atoms with Gasteiger partial charge in [0.05, 0.1) is 10.5 Å². The van der Waals surface area contributed by atoms with Gasteiger partial charge in [-0.1, -0.05) is 51.1 Å². The van der Waals surface area contributed by atoms with Crippen LogP contribution in [0.5, 0.6) is 0 Å². The van der Waals surface area contributed by atoms with Gasteiger partial charge in [-0.2, -0.15) is 0 Å². The van der Waals surface area contributed by atoms with Gasteiger partial charge in [0.2, 0.25) is 0 Å². The summed E-state index contributed by atoms with van der Waals surface area (Å²) >= 11 is 0. The van der Waals surface area contributed by atoms with Crippen LogP contribution in [0.3, 0.4) is 0 Å². The molecule has 0 aliphatic heterocycles. The van der Waals surface area contributed by atoms with Crippen molar-refractivity contribution >= 4 is 34.0 Å². The molecule has 1 aromatic carbocycles. The summed E-state index contributed by atoms with van der Waals surface area (Å²) in [6, 6.07) is 5.77. The van der Waals surface area contributed by atoms with E-state index in [-0.39, 0.29) is 32.4 Å². The van der Waals surface area contributed by atoms with Crippen LogP contribution in [0.2, 0.25) is 18.1 Å². The fourth-order valence-electron chi connectivity index (χ4n) is 7.81. The van der Waals surface area contributed by atoms with Crippen LogP contribution in [0.25, 0.3) is 0 Å². The Morgan fingerprint density at radius 2 is 1.93 bits per heavy atom. The molecule has 0 amide bonds. The number of rotatable bonds is 6. The lowest BCUT2D eigenvalue weighted by atomic mass is 9.47. The molecule has 0 N–H and O–H groups in total. The quantitative estimate of drug-likeness (QED) is 0.105. The number of carbonyl (C=O) groups is 1. The van der Waals surface area contributed by atoms with E-state index in [0.717, 1.165) is 50.7 Å². The molecule has 4 aliphatic carbocycles. The van der Waals surface area contributed by atoms with Crippen LogP contribution in [0, 0.1) is 22.7 Å². The minimum absolute atomic E-state index is 0.0599. The zero-order chi connectivity index (χ0) is 30.0. The van der Waals surface area contributed by atoms with Crippen molar-refractivity contribution in [1.29, 1.82) is 0 Å². The van der Waals surface area contributed by atoms with Gasteiger partial charge in [0, 0.05) is 22.5 Å². The summed E-state index contributed by atoms with van der Waals surface area (Å²) in [4.78, 5) is 13.1. The van der Waals surface area contributed by atoms with Crippen LogP contribution in [-0.4, -0.2) is 28.8 Å². The second kappa shape index (κ2) is 10.3. The Morgan fingerprint density at radius 3 is 2.59 bits per heavy atom. The molecule has 222 valence electrons. The first kappa shape index (κ1) is 30.4. The van der Waals surface area contributed by atoms with Crippen LogP contribution in [-0.2, 0) is 18.2 Å². The Labute approximate surface area is 251 Å². The number of halogens is 1. The van der Waals surface area contributed by atoms with Gasteiger partial charge in [-0.25, -0.2) is 13.2 Å². The number of hydrogen-bond acceptors (Lipinski definition) is 5. The molecule has 0 bridgehead atoms. The summed E-state index contributed by atoms with van der Waals surface area (Å²) in [6.45, 7) is 18.0. The highest BCUT2D eigenvalue weighted by molar-refractivity contribution is 8.13. The maximum absolute atomic E-state index is 13.2. The largest absolute Gasteiger partial charge is 0.541 e. The van der Waals surface area contributed by atoms with Gasteiger partial charge in [-0.3, -0.25) is 0 Å². The van der Waals surface area contributed by atoms with Crippen LogP contribution in [0.4, 0.5) is 0 Å². The minimum Gasteiger partial charge on any atom is -0.541 e. The molecular weight excluding hydrogens is 572 g/mol. The Morgan fingerprint density at radius 1 is 1.20 bits per heavy atom.